The molecule has 2 aromatic heterocycles. The number of alkyl halides is 1. The number of likely N-dealkylation sites (N-methyl/N-ethyl adjacent to an activating group) is 1. The second-order valence-electron chi connectivity index (χ2n) is 8.72. The zero-order chi connectivity index (χ0) is 21.8. The lowest BCUT2D eigenvalue weighted by Crippen LogP contribution is -2.51. The number of piperidine rings is 1. The number of methoxy groups -OCH3 is 1. The first-order valence-corrected chi connectivity index (χ1v) is 10.6. The monoisotopic (exact) mass is 426 g/mol. The molecule has 5 rings (SSSR count). The number of hydrogen-bond donors (Lipinski definition) is 1. The van der Waals surface area contributed by atoms with Gasteiger partial charge in [0, 0.05) is 31.1 Å². The van der Waals surface area contributed by atoms with E-state index < -0.39 is 5.67 Å². The van der Waals surface area contributed by atoms with Gasteiger partial charge < -0.3 is 19.6 Å². The highest BCUT2D eigenvalue weighted by atomic mass is 19.1. The third-order valence-corrected chi connectivity index (χ3v) is 6.29. The number of halogens is 1. The summed E-state index contributed by atoms with van der Waals surface area (Å²) in [5.74, 6) is 1.21. The van der Waals surface area contributed by atoms with Crippen LogP contribution in [0.4, 0.5) is 10.2 Å². The van der Waals surface area contributed by atoms with Crippen molar-refractivity contribution in [3.05, 3.63) is 35.5 Å². The van der Waals surface area contributed by atoms with Crippen molar-refractivity contribution >= 4 is 16.7 Å². The fourth-order valence-corrected chi connectivity index (χ4v) is 4.69. The molecule has 9 heteroatoms. The summed E-state index contributed by atoms with van der Waals surface area (Å²) >= 11 is 0. The number of aliphatic hydroxyl groups excluding tert-OH is 1. The van der Waals surface area contributed by atoms with E-state index in [0.29, 0.717) is 43.3 Å². The van der Waals surface area contributed by atoms with Crippen molar-refractivity contribution in [3.8, 4) is 11.8 Å². The fourth-order valence-electron chi connectivity index (χ4n) is 4.69. The normalized spacial score (nSPS) is 22.7. The molecule has 0 radical (unpaired) electrons. The van der Waals surface area contributed by atoms with Crippen LogP contribution in [0.1, 0.15) is 24.0 Å². The molecule has 2 aliphatic rings. The van der Waals surface area contributed by atoms with Crippen LogP contribution < -0.4 is 9.64 Å². The number of hydrogen-bond acceptors (Lipinski definition) is 7. The first-order valence-electron chi connectivity index (χ1n) is 10.6. The second kappa shape index (κ2) is 7.42. The molecule has 164 valence electrons. The molecule has 4 heterocycles. The van der Waals surface area contributed by atoms with E-state index in [0.717, 1.165) is 29.4 Å². The number of likely N-dealkylation sites (tertiary alicyclic amines) is 1. The Morgan fingerprint density at radius 3 is 2.68 bits per heavy atom. The van der Waals surface area contributed by atoms with Crippen molar-refractivity contribution in [2.75, 3.05) is 45.2 Å². The van der Waals surface area contributed by atoms with Crippen LogP contribution in [0.3, 0.4) is 0 Å². The van der Waals surface area contributed by atoms with Gasteiger partial charge in [0.05, 0.1) is 24.9 Å². The molecular formula is C22H27FN6O2. The Labute approximate surface area is 180 Å². The van der Waals surface area contributed by atoms with Gasteiger partial charge in [-0.1, -0.05) is 0 Å². The van der Waals surface area contributed by atoms with Crippen molar-refractivity contribution < 1.29 is 14.2 Å². The minimum absolute atomic E-state index is 0.223. The first kappa shape index (κ1) is 20.1. The topological polar surface area (TPSA) is 79.5 Å². The molecule has 2 saturated heterocycles. The van der Waals surface area contributed by atoms with E-state index in [1.54, 1.807) is 10.9 Å². The summed E-state index contributed by atoms with van der Waals surface area (Å²) in [6, 6.07) is 5.95. The zero-order valence-corrected chi connectivity index (χ0v) is 18.0. The minimum Gasteiger partial charge on any atom is -0.467 e. The van der Waals surface area contributed by atoms with Gasteiger partial charge in [0.1, 0.15) is 11.5 Å². The van der Waals surface area contributed by atoms with Crippen molar-refractivity contribution in [2.45, 2.75) is 31.5 Å². The Hall–Kier alpha value is -2.78. The van der Waals surface area contributed by atoms with E-state index in [9.17, 15) is 5.11 Å². The van der Waals surface area contributed by atoms with Crippen molar-refractivity contribution in [2.24, 2.45) is 0 Å². The number of aliphatic hydroxyl groups is 1. The molecule has 31 heavy (non-hydrogen) atoms. The number of ether oxygens (including phenoxy) is 1. The molecule has 1 N–H and O–H groups in total. The van der Waals surface area contributed by atoms with Gasteiger partial charge in [0.2, 0.25) is 0 Å². The van der Waals surface area contributed by atoms with Crippen LogP contribution in [0.5, 0.6) is 6.01 Å². The highest BCUT2D eigenvalue weighted by Gasteiger charge is 2.37. The molecule has 1 atom stereocenters. The Kier molecular flexibility index (Phi) is 4.82. The number of aromatic nitrogens is 4. The summed E-state index contributed by atoms with van der Waals surface area (Å²) in [5.41, 5.74) is 1.05. The van der Waals surface area contributed by atoms with Gasteiger partial charge in [-0.2, -0.15) is 15.1 Å². The van der Waals surface area contributed by atoms with E-state index in [1.165, 1.54) is 7.11 Å². The lowest BCUT2D eigenvalue weighted by Gasteiger charge is -2.37. The van der Waals surface area contributed by atoms with Gasteiger partial charge >= 0.3 is 6.01 Å². The lowest BCUT2D eigenvalue weighted by atomic mass is 9.84. The number of rotatable bonds is 4. The van der Waals surface area contributed by atoms with Crippen LogP contribution in [0.25, 0.3) is 16.7 Å². The third kappa shape index (κ3) is 3.51. The standard InChI is InChI=1S/C22H27FN6O2/c1-14-7-15-10-24-29(18(15)8-17(14)22(23)5-4-6-27(2)13-22)20-9-19(25-21(26-20)31-3)28-11-16(30)12-28/h7-10,16,30H,4-6,11-13H2,1-3H3/t22-/m1/s1. The molecule has 0 unspecified atom stereocenters. The molecule has 0 spiro atoms. The summed E-state index contributed by atoms with van der Waals surface area (Å²) in [6.07, 6.45) is 2.76. The highest BCUT2D eigenvalue weighted by molar-refractivity contribution is 5.82. The molecule has 0 aliphatic carbocycles. The predicted octanol–water partition coefficient (Wildman–Crippen LogP) is 2.20. The molecule has 8 nitrogen and oxygen atoms in total. The number of anilines is 1. The summed E-state index contributed by atoms with van der Waals surface area (Å²) in [5, 5.41) is 15.1. The largest absolute Gasteiger partial charge is 0.467 e. The number of benzene rings is 1. The van der Waals surface area contributed by atoms with E-state index in [1.807, 2.05) is 42.0 Å². The molecule has 0 amide bonds. The van der Waals surface area contributed by atoms with Gasteiger partial charge in [-0.3, -0.25) is 0 Å². The molecule has 0 bridgehead atoms. The average Bonchev–Trinajstić information content (AvgIpc) is 3.13. The summed E-state index contributed by atoms with van der Waals surface area (Å²) in [6.45, 7) is 4.29. The van der Waals surface area contributed by atoms with Crippen LogP contribution in [-0.2, 0) is 5.67 Å². The van der Waals surface area contributed by atoms with E-state index in [-0.39, 0.29) is 12.1 Å². The number of β-amino-alcohol motifs (C(OH)–C–C–N with tert-alkyl or cyclic N) is 1. The number of aryl methyl sites for hydroxylation is 1. The SMILES string of the molecule is COc1nc(N2CC(O)C2)cc(-n2ncc3cc(C)c([C@@]4(F)CCCN(C)C4)cc32)n1. The number of nitrogens with zero attached hydrogens (tertiary/aromatic N) is 6. The Morgan fingerprint density at radius 1 is 1.19 bits per heavy atom. The van der Waals surface area contributed by atoms with Gasteiger partial charge in [0.25, 0.3) is 0 Å². The zero-order valence-electron chi connectivity index (χ0n) is 18.0. The van der Waals surface area contributed by atoms with E-state index >= 15 is 4.39 Å². The van der Waals surface area contributed by atoms with Crippen molar-refractivity contribution in [3.63, 3.8) is 0 Å². The highest BCUT2D eigenvalue weighted by Crippen LogP contribution is 2.39. The third-order valence-electron chi connectivity index (χ3n) is 6.29. The summed E-state index contributed by atoms with van der Waals surface area (Å²) in [4.78, 5) is 12.9. The van der Waals surface area contributed by atoms with Crippen LogP contribution in [-0.4, -0.2) is 76.2 Å². The Bertz CT molecular complexity index is 1130. The average molecular weight is 426 g/mol. The van der Waals surface area contributed by atoms with E-state index in [2.05, 4.69) is 15.1 Å². The molecule has 1 aromatic carbocycles. The second-order valence-corrected chi connectivity index (χ2v) is 8.72. The molecule has 3 aromatic rings. The Morgan fingerprint density at radius 2 is 1.97 bits per heavy atom. The molecular weight excluding hydrogens is 399 g/mol. The lowest BCUT2D eigenvalue weighted by molar-refractivity contribution is 0.0559. The van der Waals surface area contributed by atoms with Crippen molar-refractivity contribution in [1.29, 1.82) is 0 Å². The van der Waals surface area contributed by atoms with Crippen LogP contribution in [0, 0.1) is 6.92 Å². The van der Waals surface area contributed by atoms with Gasteiger partial charge in [0.15, 0.2) is 5.82 Å². The Balaban J connectivity index is 1.60. The maximum absolute atomic E-state index is 16.0. The predicted molar refractivity (Wildman–Crippen MR) is 116 cm³/mol. The molecule has 0 saturated carbocycles. The van der Waals surface area contributed by atoms with Crippen LogP contribution >= 0.6 is 0 Å². The molecule has 2 fully saturated rings. The van der Waals surface area contributed by atoms with Gasteiger partial charge in [-0.05, 0) is 56.6 Å². The van der Waals surface area contributed by atoms with Gasteiger partial charge in [-0.15, -0.1) is 0 Å². The first-order chi connectivity index (χ1) is 14.9. The van der Waals surface area contributed by atoms with Gasteiger partial charge in [-0.25, -0.2) is 9.07 Å². The number of fused-ring (bicyclic) bond motifs is 1. The van der Waals surface area contributed by atoms with Crippen molar-refractivity contribution in [1.82, 2.24) is 24.6 Å². The maximum Gasteiger partial charge on any atom is 0.320 e. The smallest absolute Gasteiger partial charge is 0.320 e. The summed E-state index contributed by atoms with van der Waals surface area (Å²) < 4.78 is 23.0. The maximum atomic E-state index is 16.0. The fraction of sp³-hybridized carbons (Fsp3) is 0.500. The van der Waals surface area contributed by atoms with Crippen LogP contribution in [0.2, 0.25) is 0 Å². The quantitative estimate of drug-likeness (QED) is 0.685. The summed E-state index contributed by atoms with van der Waals surface area (Å²) in [7, 11) is 3.48. The van der Waals surface area contributed by atoms with Crippen LogP contribution in [0.15, 0.2) is 24.4 Å². The van der Waals surface area contributed by atoms with E-state index in [4.69, 9.17) is 4.74 Å². The minimum atomic E-state index is -1.39. The molecule has 2 aliphatic heterocycles.